The van der Waals surface area contributed by atoms with Crippen LogP contribution in [-0.4, -0.2) is 36.1 Å². The number of rotatable bonds is 3. The Kier molecular flexibility index (Phi) is 3.68. The van der Waals surface area contributed by atoms with Crippen LogP contribution in [0.15, 0.2) is 0 Å². The first-order chi connectivity index (χ1) is 7.15. The van der Waals surface area contributed by atoms with E-state index in [-0.39, 0.29) is 0 Å². The average Bonchev–Trinajstić information content (AvgIpc) is 2.76. The minimum Gasteiger partial charge on any atom is -0.310 e. The maximum atomic E-state index is 3.85. The van der Waals surface area contributed by atoms with E-state index >= 15 is 0 Å². The van der Waals surface area contributed by atoms with E-state index in [1.165, 1.54) is 38.8 Å². The summed E-state index contributed by atoms with van der Waals surface area (Å²) in [6.45, 7) is 9.55. The molecule has 1 saturated carbocycles. The van der Waals surface area contributed by atoms with Gasteiger partial charge in [-0.05, 0) is 52.0 Å². The Balaban J connectivity index is 1.73. The lowest BCUT2D eigenvalue weighted by molar-refractivity contribution is 0.265. The van der Waals surface area contributed by atoms with Gasteiger partial charge in [0, 0.05) is 24.7 Å². The molecule has 3 unspecified atom stereocenters. The van der Waals surface area contributed by atoms with E-state index in [4.69, 9.17) is 0 Å². The summed E-state index contributed by atoms with van der Waals surface area (Å²) in [5, 5.41) is 3.85. The van der Waals surface area contributed by atoms with Gasteiger partial charge in [-0.15, -0.1) is 0 Å². The van der Waals surface area contributed by atoms with Crippen LogP contribution >= 0.6 is 0 Å². The van der Waals surface area contributed by atoms with Gasteiger partial charge in [-0.1, -0.05) is 6.92 Å². The zero-order valence-corrected chi connectivity index (χ0v) is 10.5. The third-order valence-electron chi connectivity index (χ3n) is 4.12. The molecule has 2 aliphatic rings. The molecule has 3 atom stereocenters. The van der Waals surface area contributed by atoms with E-state index in [0.717, 1.165) is 24.0 Å². The highest BCUT2D eigenvalue weighted by Crippen LogP contribution is 2.26. The summed E-state index contributed by atoms with van der Waals surface area (Å²) in [7, 11) is 0. The smallest absolute Gasteiger partial charge is 0.0209 e. The van der Waals surface area contributed by atoms with Gasteiger partial charge in [-0.3, -0.25) is 4.90 Å². The number of hydrogen-bond donors (Lipinski definition) is 1. The van der Waals surface area contributed by atoms with E-state index in [2.05, 4.69) is 31.0 Å². The van der Waals surface area contributed by atoms with E-state index < -0.39 is 0 Å². The summed E-state index contributed by atoms with van der Waals surface area (Å²) in [6.07, 6.45) is 5.58. The lowest BCUT2D eigenvalue weighted by Gasteiger charge is -2.22. The van der Waals surface area contributed by atoms with Crippen molar-refractivity contribution in [3.05, 3.63) is 0 Å². The summed E-state index contributed by atoms with van der Waals surface area (Å²) in [4.78, 5) is 2.59. The quantitative estimate of drug-likeness (QED) is 0.768. The van der Waals surface area contributed by atoms with E-state index in [1.54, 1.807) is 0 Å². The highest BCUT2D eigenvalue weighted by molar-refractivity contribution is 4.87. The topological polar surface area (TPSA) is 15.3 Å². The molecule has 2 rings (SSSR count). The maximum Gasteiger partial charge on any atom is 0.0209 e. The molecule has 0 aromatic carbocycles. The van der Waals surface area contributed by atoms with Crippen molar-refractivity contribution in [2.24, 2.45) is 5.92 Å². The van der Waals surface area contributed by atoms with Crippen LogP contribution in [0.25, 0.3) is 0 Å². The van der Waals surface area contributed by atoms with E-state index in [9.17, 15) is 0 Å². The molecule has 1 aliphatic carbocycles. The monoisotopic (exact) mass is 210 g/mol. The van der Waals surface area contributed by atoms with Gasteiger partial charge in [0.05, 0.1) is 0 Å². The van der Waals surface area contributed by atoms with Crippen molar-refractivity contribution in [2.75, 3.05) is 13.1 Å². The van der Waals surface area contributed by atoms with Crippen molar-refractivity contribution in [2.45, 2.75) is 64.6 Å². The Hall–Kier alpha value is -0.0800. The van der Waals surface area contributed by atoms with Crippen molar-refractivity contribution >= 4 is 0 Å². The third kappa shape index (κ3) is 2.94. The van der Waals surface area contributed by atoms with Crippen molar-refractivity contribution < 1.29 is 0 Å². The second-order valence-electron chi connectivity index (χ2n) is 5.86. The van der Waals surface area contributed by atoms with E-state index in [0.29, 0.717) is 0 Å². The zero-order valence-electron chi connectivity index (χ0n) is 10.5. The standard InChI is InChI=1S/C13H26N2/c1-10(2)15-7-6-13(9-15)14-12-5-4-11(3)8-12/h10-14H,4-9H2,1-3H3. The second kappa shape index (κ2) is 4.84. The van der Waals surface area contributed by atoms with Gasteiger partial charge in [0.25, 0.3) is 0 Å². The molecule has 2 nitrogen and oxygen atoms in total. The van der Waals surface area contributed by atoms with Crippen molar-refractivity contribution in [3.63, 3.8) is 0 Å². The molecule has 0 aromatic heterocycles. The molecule has 1 aliphatic heterocycles. The zero-order chi connectivity index (χ0) is 10.8. The van der Waals surface area contributed by atoms with E-state index in [1.807, 2.05) is 0 Å². The minimum absolute atomic E-state index is 0.722. The number of nitrogens with zero attached hydrogens (tertiary/aromatic N) is 1. The molecular weight excluding hydrogens is 184 g/mol. The van der Waals surface area contributed by atoms with Gasteiger partial charge in [0.2, 0.25) is 0 Å². The van der Waals surface area contributed by atoms with Gasteiger partial charge >= 0.3 is 0 Å². The molecule has 1 saturated heterocycles. The molecule has 2 fully saturated rings. The third-order valence-corrected chi connectivity index (χ3v) is 4.12. The first-order valence-corrected chi connectivity index (χ1v) is 6.65. The Bertz CT molecular complexity index is 203. The molecular formula is C13H26N2. The molecule has 1 heterocycles. The van der Waals surface area contributed by atoms with Crippen LogP contribution in [0.2, 0.25) is 0 Å². The average molecular weight is 210 g/mol. The molecule has 0 aromatic rings. The fourth-order valence-corrected chi connectivity index (χ4v) is 3.08. The van der Waals surface area contributed by atoms with Crippen molar-refractivity contribution in [1.29, 1.82) is 0 Å². The Labute approximate surface area is 94.4 Å². The summed E-state index contributed by atoms with van der Waals surface area (Å²) in [5.41, 5.74) is 0. The number of hydrogen-bond acceptors (Lipinski definition) is 2. The molecule has 0 spiro atoms. The molecule has 2 heteroatoms. The molecule has 1 N–H and O–H groups in total. The van der Waals surface area contributed by atoms with Gasteiger partial charge in [0.15, 0.2) is 0 Å². The Morgan fingerprint density at radius 3 is 2.47 bits per heavy atom. The summed E-state index contributed by atoms with van der Waals surface area (Å²) < 4.78 is 0. The van der Waals surface area contributed by atoms with Gasteiger partial charge in [0.1, 0.15) is 0 Å². The summed E-state index contributed by atoms with van der Waals surface area (Å²) in [5.74, 6) is 0.949. The molecule has 0 radical (unpaired) electrons. The SMILES string of the molecule is CC1CCC(NC2CCN(C(C)C)C2)C1. The molecule has 0 bridgehead atoms. The predicted molar refractivity (Wildman–Crippen MR) is 65.1 cm³/mol. The lowest BCUT2D eigenvalue weighted by Crippen LogP contribution is -2.39. The molecule has 0 amide bonds. The van der Waals surface area contributed by atoms with Crippen LogP contribution in [0.3, 0.4) is 0 Å². The second-order valence-corrected chi connectivity index (χ2v) is 5.86. The van der Waals surface area contributed by atoms with Crippen molar-refractivity contribution in [1.82, 2.24) is 10.2 Å². The predicted octanol–water partition coefficient (Wildman–Crippen LogP) is 2.25. The fourth-order valence-electron chi connectivity index (χ4n) is 3.08. The van der Waals surface area contributed by atoms with Crippen LogP contribution in [0, 0.1) is 5.92 Å². The fraction of sp³-hybridized carbons (Fsp3) is 1.00. The summed E-state index contributed by atoms with van der Waals surface area (Å²) >= 11 is 0. The van der Waals surface area contributed by atoms with Crippen LogP contribution in [0.4, 0.5) is 0 Å². The van der Waals surface area contributed by atoms with Crippen LogP contribution < -0.4 is 5.32 Å². The Morgan fingerprint density at radius 2 is 1.93 bits per heavy atom. The summed E-state index contributed by atoms with van der Waals surface area (Å²) in [6, 6.07) is 2.30. The normalized spacial score (nSPS) is 38.0. The largest absolute Gasteiger partial charge is 0.310 e. The molecule has 88 valence electrons. The van der Waals surface area contributed by atoms with Gasteiger partial charge < -0.3 is 5.32 Å². The number of nitrogens with one attached hydrogen (secondary N) is 1. The van der Waals surface area contributed by atoms with Crippen LogP contribution in [0.1, 0.15) is 46.5 Å². The Morgan fingerprint density at radius 1 is 1.13 bits per heavy atom. The number of likely N-dealkylation sites (tertiary alicyclic amines) is 1. The highest BCUT2D eigenvalue weighted by Gasteiger charge is 2.28. The maximum absolute atomic E-state index is 3.85. The minimum atomic E-state index is 0.722. The van der Waals surface area contributed by atoms with Crippen LogP contribution in [0.5, 0.6) is 0 Å². The van der Waals surface area contributed by atoms with Gasteiger partial charge in [-0.25, -0.2) is 0 Å². The lowest BCUT2D eigenvalue weighted by atomic mass is 10.1. The van der Waals surface area contributed by atoms with Gasteiger partial charge in [-0.2, -0.15) is 0 Å². The first-order valence-electron chi connectivity index (χ1n) is 6.65. The van der Waals surface area contributed by atoms with Crippen molar-refractivity contribution in [3.8, 4) is 0 Å². The van der Waals surface area contributed by atoms with Crippen LogP contribution in [-0.2, 0) is 0 Å². The molecule has 15 heavy (non-hydrogen) atoms. The first kappa shape index (κ1) is 11.4. The highest BCUT2D eigenvalue weighted by atomic mass is 15.2.